The van der Waals surface area contributed by atoms with Crippen LogP contribution < -0.4 is 36.3 Å². The summed E-state index contributed by atoms with van der Waals surface area (Å²) in [5.41, 5.74) is 10.9. The first-order valence-electron chi connectivity index (χ1n) is 6.53. The van der Waals surface area contributed by atoms with Gasteiger partial charge in [-0.3, -0.25) is 0 Å². The lowest BCUT2D eigenvalue weighted by molar-refractivity contribution is -0.435. The number of hydrogen-bond acceptors (Lipinski definition) is 2. The zero-order chi connectivity index (χ0) is 13.3. The van der Waals surface area contributed by atoms with E-state index in [2.05, 4.69) is 31.4 Å². The minimum absolute atomic E-state index is 0. The maximum Gasteiger partial charge on any atom is 0.115 e. The Morgan fingerprint density at radius 1 is 1.35 bits per heavy atom. The Hall–Kier alpha value is -0.130. The van der Waals surface area contributed by atoms with Crippen molar-refractivity contribution in [1.82, 2.24) is 0 Å². The second kappa shape index (κ2) is 7.76. The van der Waals surface area contributed by atoms with E-state index in [4.69, 9.17) is 0 Å². The van der Waals surface area contributed by atoms with Crippen LogP contribution in [0.1, 0.15) is 25.0 Å². The lowest BCUT2D eigenvalue weighted by Gasteiger charge is -2.40. The largest absolute Gasteiger partial charge is 1.00 e. The Balaban J connectivity index is 0.00000180. The first-order valence-corrected chi connectivity index (χ1v) is 7.58. The van der Waals surface area contributed by atoms with Crippen molar-refractivity contribution in [1.29, 1.82) is 0 Å². The van der Waals surface area contributed by atoms with E-state index in [0.717, 1.165) is 18.7 Å². The molecule has 1 aromatic rings. The zero-order valence-corrected chi connectivity index (χ0v) is 14.4. The number of phenols is 1. The van der Waals surface area contributed by atoms with Crippen LogP contribution in [-0.2, 0) is 11.8 Å². The fourth-order valence-corrected chi connectivity index (χ4v) is 4.11. The van der Waals surface area contributed by atoms with Crippen LogP contribution in [0.2, 0.25) is 0 Å². The van der Waals surface area contributed by atoms with Crippen LogP contribution >= 0.6 is 11.8 Å². The van der Waals surface area contributed by atoms with E-state index >= 15 is 0 Å². The van der Waals surface area contributed by atoms with E-state index < -0.39 is 0 Å². The van der Waals surface area contributed by atoms with Gasteiger partial charge in [0.15, 0.2) is 0 Å². The Labute approximate surface area is 137 Å². The molecule has 2 unspecified atom stereocenters. The van der Waals surface area contributed by atoms with Crippen molar-refractivity contribution < 1.29 is 41.4 Å². The topological polar surface area (TPSA) is 75.5 Å². The van der Waals surface area contributed by atoms with Crippen molar-refractivity contribution in [2.75, 3.05) is 12.3 Å². The number of fused-ring (bicyclic) bond motifs is 1. The highest BCUT2D eigenvalue weighted by atomic mass is 35.5. The lowest BCUT2D eigenvalue weighted by atomic mass is 9.69. The van der Waals surface area contributed by atoms with Gasteiger partial charge in [0.1, 0.15) is 11.8 Å². The number of rotatable bonds is 3. The monoisotopic (exact) mass is 338 g/mol. The number of halogens is 2. The molecular formula is C14H24Cl2N2OS. The van der Waals surface area contributed by atoms with E-state index in [1.54, 1.807) is 6.07 Å². The molecule has 1 aromatic carbocycles. The number of aromatic hydroxyl groups is 1. The summed E-state index contributed by atoms with van der Waals surface area (Å²) in [5.74, 6) is 1.46. The second-order valence-corrected chi connectivity index (χ2v) is 6.98. The predicted molar refractivity (Wildman–Crippen MR) is 75.5 cm³/mol. The number of hydrogen-bond donors (Lipinski definition) is 3. The highest BCUT2D eigenvalue weighted by molar-refractivity contribution is 7.99. The molecule has 20 heavy (non-hydrogen) atoms. The third-order valence-corrected chi connectivity index (χ3v) is 5.51. The first kappa shape index (κ1) is 19.9. The van der Waals surface area contributed by atoms with Gasteiger partial charge in [-0.25, -0.2) is 0 Å². The highest BCUT2D eigenvalue weighted by Gasteiger charge is 2.43. The molecule has 0 aromatic heterocycles. The minimum Gasteiger partial charge on any atom is -1.00 e. The van der Waals surface area contributed by atoms with Gasteiger partial charge >= 0.3 is 0 Å². The van der Waals surface area contributed by atoms with Crippen molar-refractivity contribution in [3.63, 3.8) is 0 Å². The van der Waals surface area contributed by atoms with E-state index in [1.807, 2.05) is 17.8 Å². The maximum absolute atomic E-state index is 9.68. The third-order valence-electron chi connectivity index (χ3n) is 4.06. The van der Waals surface area contributed by atoms with E-state index in [0.29, 0.717) is 17.0 Å². The van der Waals surface area contributed by atoms with Gasteiger partial charge in [-0.1, -0.05) is 19.9 Å². The molecule has 2 rings (SSSR count). The molecule has 3 nitrogen and oxygen atoms in total. The molecule has 0 radical (unpaired) electrons. The third kappa shape index (κ3) is 3.74. The summed E-state index contributed by atoms with van der Waals surface area (Å²) in [6.07, 6.45) is 1.05. The van der Waals surface area contributed by atoms with Crippen LogP contribution in [-0.4, -0.2) is 28.7 Å². The molecular weight excluding hydrogens is 315 g/mol. The van der Waals surface area contributed by atoms with Gasteiger partial charge in [-0.2, -0.15) is 0 Å². The molecule has 0 saturated heterocycles. The van der Waals surface area contributed by atoms with Crippen molar-refractivity contribution in [3.8, 4) is 5.75 Å². The normalized spacial score (nSPS) is 23.2. The number of quaternary nitrogens is 2. The molecule has 7 N–H and O–H groups in total. The Bertz CT molecular complexity index is 443. The molecule has 0 fully saturated rings. The summed E-state index contributed by atoms with van der Waals surface area (Å²) in [6.45, 7) is 5.44. The first-order chi connectivity index (χ1) is 8.46. The quantitative estimate of drug-likeness (QED) is 0.513. The molecule has 0 saturated carbocycles. The molecule has 1 aliphatic rings. The molecule has 0 amide bonds. The van der Waals surface area contributed by atoms with Crippen molar-refractivity contribution in [3.05, 3.63) is 29.3 Å². The van der Waals surface area contributed by atoms with Crippen LogP contribution in [0.15, 0.2) is 18.2 Å². The number of benzene rings is 1. The Morgan fingerprint density at radius 2 is 2.00 bits per heavy atom. The van der Waals surface area contributed by atoms with Gasteiger partial charge in [0, 0.05) is 11.2 Å². The molecule has 0 aliphatic heterocycles. The summed E-state index contributed by atoms with van der Waals surface area (Å²) in [7, 11) is 0. The van der Waals surface area contributed by atoms with E-state index in [-0.39, 0.29) is 30.2 Å². The maximum atomic E-state index is 9.68. The zero-order valence-electron chi connectivity index (χ0n) is 12.0. The summed E-state index contributed by atoms with van der Waals surface area (Å²) in [4.78, 5) is 0. The van der Waals surface area contributed by atoms with Crippen LogP contribution in [0, 0.1) is 0 Å². The average Bonchev–Trinajstić information content (AvgIpc) is 2.33. The lowest BCUT2D eigenvalue weighted by Crippen LogP contribution is -3.00. The molecule has 1 aliphatic carbocycles. The standard InChI is InChI=1S/C14H22N2OS.2ClH/c1-14(2)11-8-10(17)4-3-9(11)7-12(13(14)16)18-6-5-15;;/h3-4,8,12-13,17H,5-7,15-16H2,1-2H3;2*1H. The van der Waals surface area contributed by atoms with Crippen molar-refractivity contribution in [2.45, 2.75) is 37.0 Å². The van der Waals surface area contributed by atoms with Gasteiger partial charge in [0.25, 0.3) is 0 Å². The molecule has 0 heterocycles. The minimum atomic E-state index is 0. The highest BCUT2D eigenvalue weighted by Crippen LogP contribution is 2.40. The van der Waals surface area contributed by atoms with Crippen LogP contribution in [0.4, 0.5) is 0 Å². The van der Waals surface area contributed by atoms with E-state index in [1.165, 1.54) is 11.1 Å². The van der Waals surface area contributed by atoms with E-state index in [9.17, 15) is 5.11 Å². The Kier molecular flexibility index (Phi) is 7.71. The molecule has 116 valence electrons. The summed E-state index contributed by atoms with van der Waals surface area (Å²) < 4.78 is 0. The summed E-state index contributed by atoms with van der Waals surface area (Å²) >= 11 is 1.99. The van der Waals surface area contributed by atoms with Crippen LogP contribution in [0.3, 0.4) is 0 Å². The fraction of sp³-hybridized carbons (Fsp3) is 0.571. The van der Waals surface area contributed by atoms with Gasteiger partial charge in [-0.05, 0) is 29.7 Å². The number of phenolic OH excluding ortho intramolecular Hbond substituents is 1. The summed E-state index contributed by atoms with van der Waals surface area (Å²) in [6, 6.07) is 6.14. The van der Waals surface area contributed by atoms with Gasteiger partial charge in [-0.15, -0.1) is 11.8 Å². The molecule has 0 spiro atoms. The van der Waals surface area contributed by atoms with Crippen molar-refractivity contribution in [2.24, 2.45) is 0 Å². The molecule has 0 bridgehead atoms. The molecule has 6 heteroatoms. The van der Waals surface area contributed by atoms with Crippen LogP contribution in [0.25, 0.3) is 0 Å². The van der Waals surface area contributed by atoms with Gasteiger partial charge in [0.2, 0.25) is 0 Å². The average molecular weight is 339 g/mol. The Morgan fingerprint density at radius 3 is 2.60 bits per heavy atom. The van der Waals surface area contributed by atoms with Crippen molar-refractivity contribution >= 4 is 11.8 Å². The fourth-order valence-electron chi connectivity index (χ4n) is 2.78. The van der Waals surface area contributed by atoms with Gasteiger partial charge in [0.05, 0.1) is 11.8 Å². The van der Waals surface area contributed by atoms with Gasteiger partial charge < -0.3 is 41.4 Å². The summed E-state index contributed by atoms with van der Waals surface area (Å²) in [5, 5.41) is 10.2. The van der Waals surface area contributed by atoms with Crippen LogP contribution in [0.5, 0.6) is 5.75 Å². The smallest absolute Gasteiger partial charge is 0.115 e. The SMILES string of the molecule is CC1(C)c2cc(O)ccc2CC(SCC[NH3+])C1[NH3+].[Cl-].[Cl-]. The predicted octanol–water partition coefficient (Wildman–Crippen LogP) is -5.81. The molecule has 2 atom stereocenters. The number of thioether (sulfide) groups is 1. The second-order valence-electron chi connectivity index (χ2n) is 5.64.